The Morgan fingerprint density at radius 3 is 2.67 bits per heavy atom. The van der Waals surface area contributed by atoms with Crippen molar-refractivity contribution in [3.05, 3.63) is 11.9 Å². The van der Waals surface area contributed by atoms with Gasteiger partial charge in [0.2, 0.25) is 0 Å². The lowest BCUT2D eigenvalue weighted by Gasteiger charge is -2.17. The van der Waals surface area contributed by atoms with E-state index in [1.165, 1.54) is 12.8 Å². The summed E-state index contributed by atoms with van der Waals surface area (Å²) in [6, 6.07) is 2.24. The number of hydrogen-bond donors (Lipinski definition) is 2. The first kappa shape index (κ1) is 13.1. The molecule has 1 atom stereocenters. The SMILES string of the molecule is CCC(COC)Nc1cc(NC)nc(C2CC2)n1. The van der Waals surface area contributed by atoms with Crippen molar-refractivity contribution in [2.75, 3.05) is 31.4 Å². The third-order valence-corrected chi connectivity index (χ3v) is 3.15. The minimum Gasteiger partial charge on any atom is -0.383 e. The second-order valence-electron chi connectivity index (χ2n) is 4.73. The van der Waals surface area contributed by atoms with Crippen LogP contribution in [0.5, 0.6) is 0 Å². The standard InChI is InChI=1S/C13H22N4O/c1-4-10(8-18-3)15-12-7-11(14-2)16-13(17-12)9-5-6-9/h7,9-10H,4-6,8H2,1-3H3,(H2,14,15,16,17). The maximum atomic E-state index is 5.19. The van der Waals surface area contributed by atoms with Crippen molar-refractivity contribution in [3.8, 4) is 0 Å². The molecule has 1 aromatic heterocycles. The van der Waals surface area contributed by atoms with Crippen molar-refractivity contribution in [1.29, 1.82) is 0 Å². The average Bonchev–Trinajstić information content (AvgIpc) is 3.22. The van der Waals surface area contributed by atoms with Crippen LogP contribution in [0.4, 0.5) is 11.6 Å². The number of aromatic nitrogens is 2. The number of anilines is 2. The van der Waals surface area contributed by atoms with Gasteiger partial charge in [-0.1, -0.05) is 6.92 Å². The highest BCUT2D eigenvalue weighted by Gasteiger charge is 2.27. The molecule has 1 aliphatic carbocycles. The molecule has 1 aliphatic rings. The Bertz CT molecular complexity index is 393. The van der Waals surface area contributed by atoms with Gasteiger partial charge in [0.15, 0.2) is 0 Å². The molecule has 0 radical (unpaired) electrons. The van der Waals surface area contributed by atoms with E-state index in [2.05, 4.69) is 27.5 Å². The van der Waals surface area contributed by atoms with Gasteiger partial charge in [0.1, 0.15) is 17.5 Å². The van der Waals surface area contributed by atoms with Crippen molar-refractivity contribution in [2.45, 2.75) is 38.1 Å². The Balaban J connectivity index is 2.12. The van der Waals surface area contributed by atoms with Crippen LogP contribution in [0.3, 0.4) is 0 Å². The van der Waals surface area contributed by atoms with E-state index in [0.29, 0.717) is 18.6 Å². The van der Waals surface area contributed by atoms with Gasteiger partial charge < -0.3 is 15.4 Å². The maximum Gasteiger partial charge on any atom is 0.136 e. The highest BCUT2D eigenvalue weighted by molar-refractivity contribution is 5.48. The quantitative estimate of drug-likeness (QED) is 0.777. The molecule has 1 unspecified atom stereocenters. The van der Waals surface area contributed by atoms with Gasteiger partial charge in [-0.05, 0) is 19.3 Å². The molecule has 18 heavy (non-hydrogen) atoms. The van der Waals surface area contributed by atoms with Gasteiger partial charge in [-0.25, -0.2) is 9.97 Å². The second-order valence-corrected chi connectivity index (χ2v) is 4.73. The van der Waals surface area contributed by atoms with E-state index in [0.717, 1.165) is 23.9 Å². The Morgan fingerprint density at radius 1 is 1.39 bits per heavy atom. The Morgan fingerprint density at radius 2 is 2.11 bits per heavy atom. The lowest BCUT2D eigenvalue weighted by atomic mass is 10.2. The first-order valence-corrected chi connectivity index (χ1v) is 6.59. The van der Waals surface area contributed by atoms with Crippen LogP contribution in [0.15, 0.2) is 6.07 Å². The molecule has 0 amide bonds. The fourth-order valence-corrected chi connectivity index (χ4v) is 1.86. The summed E-state index contributed by atoms with van der Waals surface area (Å²) >= 11 is 0. The molecule has 1 saturated carbocycles. The summed E-state index contributed by atoms with van der Waals surface area (Å²) in [6.45, 7) is 2.83. The minimum absolute atomic E-state index is 0.293. The first-order valence-electron chi connectivity index (χ1n) is 6.59. The van der Waals surface area contributed by atoms with E-state index in [4.69, 9.17) is 4.74 Å². The van der Waals surface area contributed by atoms with Crippen molar-refractivity contribution >= 4 is 11.6 Å². The molecule has 5 heteroatoms. The maximum absolute atomic E-state index is 5.19. The van der Waals surface area contributed by atoms with E-state index in [1.807, 2.05) is 13.1 Å². The van der Waals surface area contributed by atoms with Crippen LogP contribution in [0.25, 0.3) is 0 Å². The minimum atomic E-state index is 0.293. The molecule has 100 valence electrons. The molecule has 0 saturated heterocycles. The Labute approximate surface area is 108 Å². The largest absolute Gasteiger partial charge is 0.383 e. The summed E-state index contributed by atoms with van der Waals surface area (Å²) < 4.78 is 5.19. The zero-order valence-corrected chi connectivity index (χ0v) is 11.4. The van der Waals surface area contributed by atoms with E-state index in [9.17, 15) is 0 Å². The predicted octanol–water partition coefficient (Wildman–Crippen LogP) is 2.23. The molecule has 0 aromatic carbocycles. The highest BCUT2D eigenvalue weighted by atomic mass is 16.5. The van der Waals surface area contributed by atoms with Crippen LogP contribution >= 0.6 is 0 Å². The van der Waals surface area contributed by atoms with E-state index < -0.39 is 0 Å². The number of ether oxygens (including phenoxy) is 1. The van der Waals surface area contributed by atoms with Gasteiger partial charge in [0.05, 0.1) is 12.6 Å². The second kappa shape index (κ2) is 6.00. The van der Waals surface area contributed by atoms with Gasteiger partial charge in [0.25, 0.3) is 0 Å². The molecular weight excluding hydrogens is 228 g/mol. The zero-order valence-electron chi connectivity index (χ0n) is 11.4. The van der Waals surface area contributed by atoms with Gasteiger partial charge in [-0.15, -0.1) is 0 Å². The first-order chi connectivity index (χ1) is 8.76. The van der Waals surface area contributed by atoms with Crippen LogP contribution in [-0.2, 0) is 4.74 Å². The number of methoxy groups -OCH3 is 1. The molecule has 0 aliphatic heterocycles. The van der Waals surface area contributed by atoms with Gasteiger partial charge >= 0.3 is 0 Å². The van der Waals surface area contributed by atoms with E-state index >= 15 is 0 Å². The average molecular weight is 250 g/mol. The number of nitrogens with one attached hydrogen (secondary N) is 2. The van der Waals surface area contributed by atoms with Crippen LogP contribution in [-0.4, -0.2) is 36.8 Å². The molecule has 0 spiro atoms. The van der Waals surface area contributed by atoms with Gasteiger partial charge in [-0.2, -0.15) is 0 Å². The third kappa shape index (κ3) is 3.32. The molecular formula is C13H22N4O. The molecule has 1 heterocycles. The van der Waals surface area contributed by atoms with Crippen LogP contribution in [0.2, 0.25) is 0 Å². The van der Waals surface area contributed by atoms with Crippen molar-refractivity contribution in [1.82, 2.24) is 9.97 Å². The Hall–Kier alpha value is -1.36. The monoisotopic (exact) mass is 250 g/mol. The summed E-state index contributed by atoms with van der Waals surface area (Å²) in [5.41, 5.74) is 0. The third-order valence-electron chi connectivity index (χ3n) is 3.15. The van der Waals surface area contributed by atoms with Crippen molar-refractivity contribution in [3.63, 3.8) is 0 Å². The van der Waals surface area contributed by atoms with E-state index in [-0.39, 0.29) is 0 Å². The summed E-state index contributed by atoms with van der Waals surface area (Å²) in [7, 11) is 3.61. The normalized spacial score (nSPS) is 16.4. The zero-order chi connectivity index (χ0) is 13.0. The summed E-state index contributed by atoms with van der Waals surface area (Å²) in [4.78, 5) is 9.10. The molecule has 1 aromatic rings. The Kier molecular flexibility index (Phi) is 4.36. The molecule has 0 bridgehead atoms. The smallest absolute Gasteiger partial charge is 0.136 e. The number of rotatable bonds is 7. The predicted molar refractivity (Wildman–Crippen MR) is 73.1 cm³/mol. The van der Waals surface area contributed by atoms with Gasteiger partial charge in [-0.3, -0.25) is 0 Å². The summed E-state index contributed by atoms with van der Waals surface area (Å²) in [5, 5.41) is 6.50. The fourth-order valence-electron chi connectivity index (χ4n) is 1.86. The van der Waals surface area contributed by atoms with Crippen LogP contribution in [0, 0.1) is 0 Å². The molecule has 2 rings (SSSR count). The van der Waals surface area contributed by atoms with Crippen LogP contribution < -0.4 is 10.6 Å². The molecule has 5 nitrogen and oxygen atoms in total. The highest BCUT2D eigenvalue weighted by Crippen LogP contribution is 2.38. The lowest BCUT2D eigenvalue weighted by Crippen LogP contribution is -2.24. The summed E-state index contributed by atoms with van der Waals surface area (Å²) in [5.74, 6) is 3.28. The van der Waals surface area contributed by atoms with Crippen LogP contribution in [0.1, 0.15) is 37.9 Å². The molecule has 1 fully saturated rings. The van der Waals surface area contributed by atoms with Crippen molar-refractivity contribution < 1.29 is 4.74 Å². The number of hydrogen-bond acceptors (Lipinski definition) is 5. The lowest BCUT2D eigenvalue weighted by molar-refractivity contribution is 0.184. The topological polar surface area (TPSA) is 59.1 Å². The number of nitrogens with zero attached hydrogens (tertiary/aromatic N) is 2. The fraction of sp³-hybridized carbons (Fsp3) is 0.692. The van der Waals surface area contributed by atoms with E-state index in [1.54, 1.807) is 7.11 Å². The summed E-state index contributed by atoms with van der Waals surface area (Å²) in [6.07, 6.45) is 3.43. The van der Waals surface area contributed by atoms with Crippen molar-refractivity contribution in [2.24, 2.45) is 0 Å². The molecule has 2 N–H and O–H groups in total. The van der Waals surface area contributed by atoms with Gasteiger partial charge in [0, 0.05) is 26.1 Å².